The van der Waals surface area contributed by atoms with E-state index >= 15 is 0 Å². The van der Waals surface area contributed by atoms with Gasteiger partial charge in [-0.25, -0.2) is 9.97 Å². The van der Waals surface area contributed by atoms with E-state index in [2.05, 4.69) is 43.2 Å². The largest absolute Gasteiger partial charge is 0.492 e. The van der Waals surface area contributed by atoms with Gasteiger partial charge in [0.2, 0.25) is 11.6 Å². The van der Waals surface area contributed by atoms with Crippen molar-refractivity contribution in [1.82, 2.24) is 9.97 Å². The number of benzene rings is 2. The number of aromatic nitrogens is 2. The average Bonchev–Trinajstić information content (AvgIpc) is 2.65. The highest BCUT2D eigenvalue weighted by Gasteiger charge is 2.24. The van der Waals surface area contributed by atoms with Crippen LogP contribution in [0.15, 0.2) is 54.9 Å². The van der Waals surface area contributed by atoms with Crippen molar-refractivity contribution in [2.45, 2.75) is 6.92 Å². The van der Waals surface area contributed by atoms with Gasteiger partial charge in [0, 0.05) is 9.26 Å². The quantitative estimate of drug-likeness (QED) is 0.284. The summed E-state index contributed by atoms with van der Waals surface area (Å²) in [4.78, 5) is 19.3. The Bertz CT molecular complexity index is 950. The van der Waals surface area contributed by atoms with Crippen molar-refractivity contribution >= 4 is 51.3 Å². The molecule has 27 heavy (non-hydrogen) atoms. The van der Waals surface area contributed by atoms with Gasteiger partial charge in [-0.15, -0.1) is 0 Å². The first-order valence-electron chi connectivity index (χ1n) is 8.09. The third kappa shape index (κ3) is 4.61. The minimum Gasteiger partial charge on any atom is -0.492 e. The highest BCUT2D eigenvalue weighted by molar-refractivity contribution is 14.1. The molecule has 138 valence electrons. The molecule has 0 radical (unpaired) electrons. The van der Waals surface area contributed by atoms with Gasteiger partial charge in [-0.1, -0.05) is 12.1 Å². The summed E-state index contributed by atoms with van der Waals surface area (Å²) in [5, 5.41) is 17.7. The zero-order valence-electron chi connectivity index (χ0n) is 14.3. The van der Waals surface area contributed by atoms with Gasteiger partial charge in [-0.05, 0) is 65.9 Å². The van der Waals surface area contributed by atoms with Gasteiger partial charge in [-0.2, -0.15) is 0 Å². The summed E-state index contributed by atoms with van der Waals surface area (Å²) in [7, 11) is 0. The van der Waals surface area contributed by atoms with Crippen molar-refractivity contribution in [2.24, 2.45) is 0 Å². The number of nitro groups is 1. The molecule has 0 amide bonds. The molecule has 3 rings (SSSR count). The molecule has 0 bridgehead atoms. The summed E-state index contributed by atoms with van der Waals surface area (Å²) < 4.78 is 6.61. The van der Waals surface area contributed by atoms with Gasteiger partial charge in [0.15, 0.2) is 0 Å². The van der Waals surface area contributed by atoms with Crippen molar-refractivity contribution in [1.29, 1.82) is 0 Å². The molecule has 1 aromatic heterocycles. The zero-order chi connectivity index (χ0) is 19.2. The second-order valence-electron chi connectivity index (χ2n) is 5.36. The van der Waals surface area contributed by atoms with Crippen LogP contribution >= 0.6 is 22.6 Å². The highest BCUT2D eigenvalue weighted by atomic mass is 127. The predicted octanol–water partition coefficient (Wildman–Crippen LogP) is 4.88. The average molecular weight is 477 g/mol. The molecule has 0 atom stereocenters. The topological polar surface area (TPSA) is 102 Å². The van der Waals surface area contributed by atoms with E-state index in [4.69, 9.17) is 4.74 Å². The molecule has 3 aromatic rings. The lowest BCUT2D eigenvalue weighted by atomic mass is 10.2. The Kier molecular flexibility index (Phi) is 6.01. The lowest BCUT2D eigenvalue weighted by molar-refractivity contribution is -0.383. The van der Waals surface area contributed by atoms with Crippen LogP contribution in [-0.4, -0.2) is 21.5 Å². The Morgan fingerprint density at radius 3 is 2.41 bits per heavy atom. The Balaban J connectivity index is 1.97. The van der Waals surface area contributed by atoms with Crippen LogP contribution in [0.3, 0.4) is 0 Å². The number of ether oxygens (including phenoxy) is 1. The zero-order valence-corrected chi connectivity index (χ0v) is 16.5. The van der Waals surface area contributed by atoms with Gasteiger partial charge in [0.05, 0.1) is 17.2 Å². The van der Waals surface area contributed by atoms with E-state index in [-0.39, 0.29) is 17.3 Å². The van der Waals surface area contributed by atoms with Crippen LogP contribution in [0, 0.1) is 13.7 Å². The van der Waals surface area contributed by atoms with E-state index in [1.807, 2.05) is 43.3 Å². The van der Waals surface area contributed by atoms with Crippen LogP contribution in [0.25, 0.3) is 0 Å². The number of nitrogens with one attached hydrogen (secondary N) is 2. The molecule has 0 spiro atoms. The van der Waals surface area contributed by atoms with Crippen LogP contribution in [0.2, 0.25) is 0 Å². The molecule has 0 saturated carbocycles. The van der Waals surface area contributed by atoms with Gasteiger partial charge in [-0.3, -0.25) is 10.1 Å². The van der Waals surface area contributed by atoms with Crippen LogP contribution in [0.1, 0.15) is 6.92 Å². The van der Waals surface area contributed by atoms with Gasteiger partial charge in [0.1, 0.15) is 12.1 Å². The third-order valence-electron chi connectivity index (χ3n) is 3.55. The number of halogens is 1. The Morgan fingerprint density at radius 2 is 1.74 bits per heavy atom. The number of para-hydroxylation sites is 2. The third-order valence-corrected chi connectivity index (χ3v) is 4.27. The number of anilines is 4. The maximum atomic E-state index is 11.7. The molecule has 8 nitrogen and oxygen atoms in total. The van der Waals surface area contributed by atoms with Crippen molar-refractivity contribution in [3.05, 3.63) is 68.5 Å². The Hall–Kier alpha value is -2.95. The van der Waals surface area contributed by atoms with Crippen LogP contribution in [0.5, 0.6) is 5.75 Å². The minimum absolute atomic E-state index is 0.0789. The SMILES string of the molecule is CCOc1ccccc1Nc1ncnc(Nc2ccc(I)cc2)c1[N+](=O)[O-]. The number of rotatable bonds is 7. The summed E-state index contributed by atoms with van der Waals surface area (Å²) in [6.45, 7) is 2.34. The normalized spacial score (nSPS) is 10.3. The molecule has 0 saturated heterocycles. The summed E-state index contributed by atoms with van der Waals surface area (Å²) in [6, 6.07) is 14.6. The number of hydrogen-bond donors (Lipinski definition) is 2. The summed E-state index contributed by atoms with van der Waals surface area (Å²) in [6.07, 6.45) is 1.27. The van der Waals surface area contributed by atoms with E-state index in [9.17, 15) is 10.1 Å². The number of nitrogens with zero attached hydrogens (tertiary/aromatic N) is 3. The smallest absolute Gasteiger partial charge is 0.353 e. The fourth-order valence-electron chi connectivity index (χ4n) is 2.38. The monoisotopic (exact) mass is 477 g/mol. The molecular formula is C18H16IN5O3. The molecular weight excluding hydrogens is 461 g/mol. The second kappa shape index (κ2) is 8.62. The van der Waals surface area contributed by atoms with Crippen LogP contribution in [0.4, 0.5) is 28.7 Å². The lowest BCUT2D eigenvalue weighted by Gasteiger charge is -2.13. The summed E-state index contributed by atoms with van der Waals surface area (Å²) in [5.74, 6) is 0.766. The summed E-state index contributed by atoms with van der Waals surface area (Å²) in [5.41, 5.74) is 1.03. The van der Waals surface area contributed by atoms with E-state index in [0.29, 0.717) is 23.7 Å². The molecule has 0 aliphatic carbocycles. The van der Waals surface area contributed by atoms with E-state index < -0.39 is 4.92 Å². The Morgan fingerprint density at radius 1 is 1.07 bits per heavy atom. The fourth-order valence-corrected chi connectivity index (χ4v) is 2.74. The fraction of sp³-hybridized carbons (Fsp3) is 0.111. The first-order valence-corrected chi connectivity index (χ1v) is 9.17. The molecule has 2 N–H and O–H groups in total. The summed E-state index contributed by atoms with van der Waals surface area (Å²) >= 11 is 2.19. The standard InChI is InChI=1S/C18H16IN5O3/c1-2-27-15-6-4-3-5-14(15)23-18-16(24(25)26)17(20-11-21-18)22-13-9-7-12(19)8-10-13/h3-11H,2H2,1H3,(H2,20,21,22,23). The van der Waals surface area contributed by atoms with Crippen LogP contribution < -0.4 is 15.4 Å². The molecule has 0 aliphatic heterocycles. The lowest BCUT2D eigenvalue weighted by Crippen LogP contribution is -2.06. The van der Waals surface area contributed by atoms with Crippen LogP contribution in [-0.2, 0) is 0 Å². The number of hydrogen-bond acceptors (Lipinski definition) is 7. The van der Waals surface area contributed by atoms with Crippen molar-refractivity contribution in [2.75, 3.05) is 17.2 Å². The van der Waals surface area contributed by atoms with E-state index in [1.54, 1.807) is 12.1 Å². The van der Waals surface area contributed by atoms with Crippen molar-refractivity contribution in [3.63, 3.8) is 0 Å². The van der Waals surface area contributed by atoms with Crippen molar-refractivity contribution in [3.8, 4) is 5.75 Å². The van der Waals surface area contributed by atoms with Gasteiger partial charge in [0.25, 0.3) is 0 Å². The molecule has 0 aliphatic rings. The molecule has 9 heteroatoms. The highest BCUT2D eigenvalue weighted by Crippen LogP contribution is 2.35. The Labute approximate surface area is 169 Å². The maximum absolute atomic E-state index is 11.7. The minimum atomic E-state index is -0.513. The van der Waals surface area contributed by atoms with Gasteiger partial charge < -0.3 is 15.4 Å². The second-order valence-corrected chi connectivity index (χ2v) is 6.61. The van der Waals surface area contributed by atoms with E-state index in [0.717, 1.165) is 3.57 Å². The van der Waals surface area contributed by atoms with E-state index in [1.165, 1.54) is 6.33 Å². The predicted molar refractivity (Wildman–Crippen MR) is 112 cm³/mol. The maximum Gasteiger partial charge on any atom is 0.353 e. The van der Waals surface area contributed by atoms with Gasteiger partial charge >= 0.3 is 5.69 Å². The molecule has 2 aromatic carbocycles. The molecule has 0 unspecified atom stereocenters. The first-order chi connectivity index (χ1) is 13.1. The molecule has 0 fully saturated rings. The first kappa shape index (κ1) is 18.8. The molecule has 1 heterocycles. The van der Waals surface area contributed by atoms with Crippen molar-refractivity contribution < 1.29 is 9.66 Å².